The zero-order chi connectivity index (χ0) is 11.1. The number of amides is 1. The Labute approximate surface area is 91.5 Å². The molecule has 88 valence electrons. The minimum Gasteiger partial charge on any atom is -0.375 e. The molecule has 0 heterocycles. The molecule has 0 spiro atoms. The van der Waals surface area contributed by atoms with Gasteiger partial charge in [-0.2, -0.15) is 0 Å². The van der Waals surface area contributed by atoms with Crippen LogP contribution in [0.5, 0.6) is 0 Å². The Morgan fingerprint density at radius 3 is 2.47 bits per heavy atom. The fourth-order valence-electron chi connectivity index (χ4n) is 2.07. The van der Waals surface area contributed by atoms with E-state index >= 15 is 0 Å². The fourth-order valence-corrected chi connectivity index (χ4v) is 2.07. The van der Waals surface area contributed by atoms with Crippen molar-refractivity contribution >= 4 is 5.91 Å². The van der Waals surface area contributed by atoms with Gasteiger partial charge < -0.3 is 15.8 Å². The molecule has 1 saturated carbocycles. The van der Waals surface area contributed by atoms with Gasteiger partial charge in [-0.25, -0.2) is 0 Å². The molecule has 0 unspecified atom stereocenters. The molecule has 0 aromatic carbocycles. The summed E-state index contributed by atoms with van der Waals surface area (Å²) in [5.41, 5.74) is 6.05. The second kappa shape index (κ2) is 6.08. The lowest BCUT2D eigenvalue weighted by atomic mass is 9.91. The summed E-state index contributed by atoms with van der Waals surface area (Å²) in [7, 11) is 1.52. The minimum atomic E-state index is -0.195. The SMILES string of the molecule is COCC(=O)NCC1(N)CCCCCC1. The van der Waals surface area contributed by atoms with E-state index in [9.17, 15) is 4.79 Å². The number of carbonyl (C=O) groups excluding carboxylic acids is 1. The smallest absolute Gasteiger partial charge is 0.246 e. The second-order valence-electron chi connectivity index (χ2n) is 4.49. The van der Waals surface area contributed by atoms with Crippen LogP contribution in [0.4, 0.5) is 0 Å². The van der Waals surface area contributed by atoms with Gasteiger partial charge in [-0.15, -0.1) is 0 Å². The van der Waals surface area contributed by atoms with Gasteiger partial charge in [-0.1, -0.05) is 25.7 Å². The summed E-state index contributed by atoms with van der Waals surface area (Å²) in [5.74, 6) is -0.0772. The van der Waals surface area contributed by atoms with Crippen molar-refractivity contribution in [2.75, 3.05) is 20.3 Å². The molecule has 1 aliphatic carbocycles. The van der Waals surface area contributed by atoms with Crippen LogP contribution in [0, 0.1) is 0 Å². The lowest BCUT2D eigenvalue weighted by Gasteiger charge is -2.28. The summed E-state index contributed by atoms with van der Waals surface area (Å²) in [6.07, 6.45) is 6.92. The first kappa shape index (κ1) is 12.5. The Balaban J connectivity index is 2.30. The van der Waals surface area contributed by atoms with Crippen LogP contribution in [-0.4, -0.2) is 31.7 Å². The molecule has 0 atom stereocenters. The highest BCUT2D eigenvalue weighted by Crippen LogP contribution is 2.24. The predicted octanol–water partition coefficient (Wildman–Crippen LogP) is 0.801. The Morgan fingerprint density at radius 2 is 1.93 bits per heavy atom. The molecule has 1 fully saturated rings. The van der Waals surface area contributed by atoms with E-state index in [2.05, 4.69) is 5.32 Å². The van der Waals surface area contributed by atoms with E-state index in [1.54, 1.807) is 0 Å². The first-order chi connectivity index (χ1) is 7.16. The van der Waals surface area contributed by atoms with Gasteiger partial charge in [0, 0.05) is 19.2 Å². The van der Waals surface area contributed by atoms with Gasteiger partial charge in [-0.3, -0.25) is 4.79 Å². The largest absolute Gasteiger partial charge is 0.375 e. The molecule has 4 nitrogen and oxygen atoms in total. The zero-order valence-corrected chi connectivity index (χ0v) is 9.55. The Hall–Kier alpha value is -0.610. The van der Waals surface area contributed by atoms with Crippen molar-refractivity contribution in [2.24, 2.45) is 5.73 Å². The summed E-state index contributed by atoms with van der Waals surface area (Å²) >= 11 is 0. The average molecular weight is 214 g/mol. The van der Waals surface area contributed by atoms with Crippen molar-refractivity contribution in [1.82, 2.24) is 5.32 Å². The van der Waals surface area contributed by atoms with Crippen molar-refractivity contribution in [3.8, 4) is 0 Å². The summed E-state index contributed by atoms with van der Waals surface area (Å²) < 4.78 is 4.75. The van der Waals surface area contributed by atoms with E-state index in [1.165, 1.54) is 32.8 Å². The maximum Gasteiger partial charge on any atom is 0.246 e. The third kappa shape index (κ3) is 4.62. The molecule has 3 N–H and O–H groups in total. The van der Waals surface area contributed by atoms with Crippen LogP contribution >= 0.6 is 0 Å². The number of nitrogens with one attached hydrogen (secondary N) is 1. The highest BCUT2D eigenvalue weighted by atomic mass is 16.5. The standard InChI is InChI=1S/C11H22N2O2/c1-15-8-10(14)13-9-11(12)6-4-2-3-5-7-11/h2-9,12H2,1H3,(H,13,14). The summed E-state index contributed by atoms with van der Waals surface area (Å²) in [5, 5.41) is 2.83. The van der Waals surface area contributed by atoms with E-state index in [-0.39, 0.29) is 18.1 Å². The van der Waals surface area contributed by atoms with Crippen LogP contribution in [0.3, 0.4) is 0 Å². The molecule has 0 bridgehead atoms. The number of rotatable bonds is 4. The van der Waals surface area contributed by atoms with Crippen LogP contribution in [0.1, 0.15) is 38.5 Å². The number of hydrogen-bond acceptors (Lipinski definition) is 3. The van der Waals surface area contributed by atoms with Gasteiger partial charge in [0.1, 0.15) is 6.61 Å². The molecular weight excluding hydrogens is 192 g/mol. The second-order valence-corrected chi connectivity index (χ2v) is 4.49. The average Bonchev–Trinajstić information content (AvgIpc) is 2.42. The third-order valence-corrected chi connectivity index (χ3v) is 3.01. The topological polar surface area (TPSA) is 64.3 Å². The van der Waals surface area contributed by atoms with E-state index in [0.29, 0.717) is 6.54 Å². The minimum absolute atomic E-state index is 0.0772. The van der Waals surface area contributed by atoms with Gasteiger partial charge in [0.2, 0.25) is 5.91 Å². The Bertz CT molecular complexity index is 199. The lowest BCUT2D eigenvalue weighted by molar-refractivity contribution is -0.125. The number of nitrogens with two attached hydrogens (primary N) is 1. The Morgan fingerprint density at radius 1 is 1.33 bits per heavy atom. The van der Waals surface area contributed by atoms with Crippen LogP contribution in [0.15, 0.2) is 0 Å². The quantitative estimate of drug-likeness (QED) is 0.680. The molecule has 1 amide bonds. The molecule has 0 saturated heterocycles. The highest BCUT2D eigenvalue weighted by Gasteiger charge is 2.26. The van der Waals surface area contributed by atoms with Crippen molar-refractivity contribution in [3.63, 3.8) is 0 Å². The molecule has 0 aliphatic heterocycles. The molecule has 1 aliphatic rings. The summed E-state index contributed by atoms with van der Waals surface area (Å²) in [6.45, 7) is 0.700. The summed E-state index contributed by atoms with van der Waals surface area (Å²) in [4.78, 5) is 11.2. The molecule has 15 heavy (non-hydrogen) atoms. The van der Waals surface area contributed by atoms with E-state index < -0.39 is 0 Å². The first-order valence-corrected chi connectivity index (χ1v) is 5.71. The van der Waals surface area contributed by atoms with Crippen molar-refractivity contribution in [3.05, 3.63) is 0 Å². The lowest BCUT2D eigenvalue weighted by Crippen LogP contribution is -2.50. The normalized spacial score (nSPS) is 20.7. The van der Waals surface area contributed by atoms with E-state index in [4.69, 9.17) is 10.5 Å². The third-order valence-electron chi connectivity index (χ3n) is 3.01. The van der Waals surface area contributed by atoms with E-state index in [0.717, 1.165) is 12.8 Å². The molecule has 0 aromatic heterocycles. The van der Waals surface area contributed by atoms with Crippen LogP contribution < -0.4 is 11.1 Å². The predicted molar refractivity (Wildman–Crippen MR) is 59.5 cm³/mol. The molecule has 0 radical (unpaired) electrons. The van der Waals surface area contributed by atoms with Crippen molar-refractivity contribution in [2.45, 2.75) is 44.1 Å². The van der Waals surface area contributed by atoms with E-state index in [1.807, 2.05) is 0 Å². The van der Waals surface area contributed by atoms with Gasteiger partial charge >= 0.3 is 0 Å². The Kier molecular flexibility index (Phi) is 5.05. The van der Waals surface area contributed by atoms with Gasteiger partial charge in [0.15, 0.2) is 0 Å². The summed E-state index contributed by atoms with van der Waals surface area (Å²) in [6, 6.07) is 0. The number of ether oxygens (including phenoxy) is 1. The number of methoxy groups -OCH3 is 1. The van der Waals surface area contributed by atoms with Gasteiger partial charge in [0.25, 0.3) is 0 Å². The van der Waals surface area contributed by atoms with Crippen molar-refractivity contribution in [1.29, 1.82) is 0 Å². The van der Waals surface area contributed by atoms with Crippen LogP contribution in [-0.2, 0) is 9.53 Å². The van der Waals surface area contributed by atoms with Gasteiger partial charge in [0.05, 0.1) is 0 Å². The first-order valence-electron chi connectivity index (χ1n) is 5.71. The molecule has 0 aromatic rings. The molecule has 1 rings (SSSR count). The van der Waals surface area contributed by atoms with Crippen LogP contribution in [0.25, 0.3) is 0 Å². The molecular formula is C11H22N2O2. The maximum absolute atomic E-state index is 11.2. The maximum atomic E-state index is 11.2. The number of hydrogen-bond donors (Lipinski definition) is 2. The molecule has 4 heteroatoms. The number of carbonyl (C=O) groups is 1. The zero-order valence-electron chi connectivity index (χ0n) is 9.55. The monoisotopic (exact) mass is 214 g/mol. The van der Waals surface area contributed by atoms with Crippen molar-refractivity contribution < 1.29 is 9.53 Å². The van der Waals surface area contributed by atoms with Crippen LogP contribution in [0.2, 0.25) is 0 Å². The fraction of sp³-hybridized carbons (Fsp3) is 0.909. The van der Waals surface area contributed by atoms with Gasteiger partial charge in [-0.05, 0) is 12.8 Å². The highest BCUT2D eigenvalue weighted by molar-refractivity contribution is 5.77.